The number of pyridine rings is 1. The molecule has 1 aliphatic carbocycles. The minimum absolute atomic E-state index is 0.284. The van der Waals surface area contributed by atoms with Gasteiger partial charge >= 0.3 is 5.97 Å². The van der Waals surface area contributed by atoms with E-state index in [0.29, 0.717) is 18.1 Å². The normalized spacial score (nSPS) is 14.5. The molecule has 0 fully saturated rings. The fourth-order valence-corrected chi connectivity index (χ4v) is 3.03. The van der Waals surface area contributed by atoms with Crippen LogP contribution in [0.4, 0.5) is 5.82 Å². The standard InChI is InChI=1S/C18H22N4O2/c1-11(2)9-15(18(23)24)21-17-13-6-3-7-14(13)20-16(22-17)12-5-4-8-19-10-12/h4-5,8,10-11,15H,3,6-7,9H2,1-2H3,(H,23,24)(H,20,21,22)/t15-/m1/s1. The molecule has 2 aromatic heterocycles. The van der Waals surface area contributed by atoms with Gasteiger partial charge in [-0.05, 0) is 43.7 Å². The number of carbonyl (C=O) groups is 1. The number of aliphatic carboxylic acids is 1. The fraction of sp³-hybridized carbons (Fsp3) is 0.444. The first-order chi connectivity index (χ1) is 11.5. The zero-order chi connectivity index (χ0) is 17.1. The molecule has 0 radical (unpaired) electrons. The number of fused-ring (bicyclic) bond motifs is 1. The molecular formula is C18H22N4O2. The zero-order valence-corrected chi connectivity index (χ0v) is 14.0. The van der Waals surface area contributed by atoms with Gasteiger partial charge in [0.15, 0.2) is 5.82 Å². The van der Waals surface area contributed by atoms with Crippen molar-refractivity contribution in [3.63, 3.8) is 0 Å². The summed E-state index contributed by atoms with van der Waals surface area (Å²) < 4.78 is 0. The van der Waals surface area contributed by atoms with E-state index in [1.54, 1.807) is 12.4 Å². The Morgan fingerprint density at radius 1 is 1.33 bits per heavy atom. The Labute approximate surface area is 141 Å². The van der Waals surface area contributed by atoms with Crippen molar-refractivity contribution in [2.75, 3.05) is 5.32 Å². The molecule has 0 amide bonds. The van der Waals surface area contributed by atoms with Crippen LogP contribution in [0.3, 0.4) is 0 Å². The maximum absolute atomic E-state index is 11.6. The zero-order valence-electron chi connectivity index (χ0n) is 14.0. The van der Waals surface area contributed by atoms with E-state index in [-0.39, 0.29) is 5.92 Å². The lowest BCUT2D eigenvalue weighted by atomic mass is 10.0. The molecule has 0 bridgehead atoms. The first kappa shape index (κ1) is 16.4. The molecule has 2 heterocycles. The van der Waals surface area contributed by atoms with Gasteiger partial charge in [0.25, 0.3) is 0 Å². The number of hydrogen-bond donors (Lipinski definition) is 2. The van der Waals surface area contributed by atoms with Crippen LogP contribution in [-0.2, 0) is 17.6 Å². The summed E-state index contributed by atoms with van der Waals surface area (Å²) in [5.41, 5.74) is 2.91. The minimum Gasteiger partial charge on any atom is -0.480 e. The largest absolute Gasteiger partial charge is 0.480 e. The topological polar surface area (TPSA) is 88.0 Å². The van der Waals surface area contributed by atoms with Gasteiger partial charge < -0.3 is 10.4 Å². The van der Waals surface area contributed by atoms with Crippen molar-refractivity contribution in [1.82, 2.24) is 15.0 Å². The Morgan fingerprint density at radius 2 is 2.17 bits per heavy atom. The molecule has 6 nitrogen and oxygen atoms in total. The van der Waals surface area contributed by atoms with Crippen LogP contribution in [0.15, 0.2) is 24.5 Å². The third kappa shape index (κ3) is 3.53. The summed E-state index contributed by atoms with van der Waals surface area (Å²) in [6.07, 6.45) is 6.80. The molecule has 126 valence electrons. The number of nitrogens with one attached hydrogen (secondary N) is 1. The van der Waals surface area contributed by atoms with Gasteiger partial charge in [0.2, 0.25) is 0 Å². The highest BCUT2D eigenvalue weighted by Gasteiger charge is 2.25. The van der Waals surface area contributed by atoms with Crippen LogP contribution in [0, 0.1) is 5.92 Å². The van der Waals surface area contributed by atoms with Crippen LogP contribution in [0.2, 0.25) is 0 Å². The quantitative estimate of drug-likeness (QED) is 0.848. The number of rotatable bonds is 6. The molecule has 1 aliphatic rings. The van der Waals surface area contributed by atoms with E-state index in [9.17, 15) is 9.90 Å². The van der Waals surface area contributed by atoms with Crippen molar-refractivity contribution in [2.24, 2.45) is 5.92 Å². The molecule has 2 aromatic rings. The predicted octanol–water partition coefficient (Wildman–Crippen LogP) is 2.94. The Hall–Kier alpha value is -2.50. The number of nitrogens with zero attached hydrogens (tertiary/aromatic N) is 3. The van der Waals surface area contributed by atoms with Crippen LogP contribution >= 0.6 is 0 Å². The summed E-state index contributed by atoms with van der Waals surface area (Å²) in [6.45, 7) is 4.03. The molecule has 0 spiro atoms. The van der Waals surface area contributed by atoms with Crippen LogP contribution in [-0.4, -0.2) is 32.1 Å². The van der Waals surface area contributed by atoms with Gasteiger partial charge in [-0.15, -0.1) is 0 Å². The molecule has 0 aromatic carbocycles. The summed E-state index contributed by atoms with van der Waals surface area (Å²) in [4.78, 5) is 25.0. The van der Waals surface area contributed by atoms with Gasteiger partial charge in [-0.2, -0.15) is 0 Å². The van der Waals surface area contributed by atoms with E-state index < -0.39 is 12.0 Å². The molecular weight excluding hydrogens is 304 g/mol. The van der Waals surface area contributed by atoms with Crippen molar-refractivity contribution in [3.05, 3.63) is 35.8 Å². The van der Waals surface area contributed by atoms with E-state index in [1.165, 1.54) is 0 Å². The van der Waals surface area contributed by atoms with E-state index in [2.05, 4.69) is 20.3 Å². The molecule has 2 N–H and O–H groups in total. The number of aromatic nitrogens is 3. The summed E-state index contributed by atoms with van der Waals surface area (Å²) in [5, 5.41) is 12.7. The van der Waals surface area contributed by atoms with Crippen molar-refractivity contribution >= 4 is 11.8 Å². The van der Waals surface area contributed by atoms with Crippen LogP contribution in [0.1, 0.15) is 37.9 Å². The van der Waals surface area contributed by atoms with E-state index in [4.69, 9.17) is 0 Å². The second kappa shape index (κ2) is 6.95. The molecule has 3 rings (SSSR count). The Balaban J connectivity index is 1.97. The highest BCUT2D eigenvalue weighted by Crippen LogP contribution is 2.29. The van der Waals surface area contributed by atoms with Gasteiger partial charge in [0.05, 0.1) is 0 Å². The monoisotopic (exact) mass is 326 g/mol. The highest BCUT2D eigenvalue weighted by molar-refractivity contribution is 5.77. The predicted molar refractivity (Wildman–Crippen MR) is 91.8 cm³/mol. The lowest BCUT2D eigenvalue weighted by Gasteiger charge is -2.19. The summed E-state index contributed by atoms with van der Waals surface area (Å²) in [7, 11) is 0. The number of anilines is 1. The first-order valence-corrected chi connectivity index (χ1v) is 8.34. The fourth-order valence-electron chi connectivity index (χ4n) is 3.03. The van der Waals surface area contributed by atoms with Crippen molar-refractivity contribution in [1.29, 1.82) is 0 Å². The smallest absolute Gasteiger partial charge is 0.326 e. The van der Waals surface area contributed by atoms with Crippen molar-refractivity contribution < 1.29 is 9.90 Å². The van der Waals surface area contributed by atoms with Gasteiger partial charge in [-0.1, -0.05) is 13.8 Å². The first-order valence-electron chi connectivity index (χ1n) is 8.34. The highest BCUT2D eigenvalue weighted by atomic mass is 16.4. The Kier molecular flexibility index (Phi) is 4.74. The SMILES string of the molecule is CC(C)C[C@@H](Nc1nc(-c2cccnc2)nc2c1CCC2)C(=O)O. The van der Waals surface area contributed by atoms with Gasteiger partial charge in [0.1, 0.15) is 11.9 Å². The molecule has 0 aliphatic heterocycles. The maximum atomic E-state index is 11.6. The van der Waals surface area contributed by atoms with E-state index in [1.807, 2.05) is 26.0 Å². The number of carboxylic acids is 1. The number of aryl methyl sites for hydroxylation is 1. The lowest BCUT2D eigenvalue weighted by Crippen LogP contribution is -2.31. The Bertz CT molecular complexity index is 731. The minimum atomic E-state index is -0.850. The molecule has 1 atom stereocenters. The van der Waals surface area contributed by atoms with Crippen molar-refractivity contribution in [3.8, 4) is 11.4 Å². The molecule has 0 saturated carbocycles. The molecule has 0 saturated heterocycles. The maximum Gasteiger partial charge on any atom is 0.326 e. The van der Waals surface area contributed by atoms with Crippen molar-refractivity contribution in [2.45, 2.75) is 45.6 Å². The van der Waals surface area contributed by atoms with Crippen LogP contribution < -0.4 is 5.32 Å². The van der Waals surface area contributed by atoms with E-state index in [0.717, 1.165) is 36.1 Å². The summed E-state index contributed by atoms with van der Waals surface area (Å²) >= 11 is 0. The van der Waals surface area contributed by atoms with Crippen LogP contribution in [0.5, 0.6) is 0 Å². The van der Waals surface area contributed by atoms with Gasteiger partial charge in [-0.25, -0.2) is 14.8 Å². The summed E-state index contributed by atoms with van der Waals surface area (Å²) in [5.74, 6) is 0.688. The number of carboxylic acid groups (broad SMARTS) is 1. The second-order valence-corrected chi connectivity index (χ2v) is 6.58. The Morgan fingerprint density at radius 3 is 2.83 bits per heavy atom. The summed E-state index contributed by atoms with van der Waals surface area (Å²) in [6, 6.07) is 3.11. The molecule has 0 unspecified atom stereocenters. The second-order valence-electron chi connectivity index (χ2n) is 6.58. The van der Waals surface area contributed by atoms with Gasteiger partial charge in [0, 0.05) is 29.2 Å². The molecule has 24 heavy (non-hydrogen) atoms. The average Bonchev–Trinajstić information content (AvgIpc) is 3.03. The lowest BCUT2D eigenvalue weighted by molar-refractivity contribution is -0.138. The average molecular weight is 326 g/mol. The van der Waals surface area contributed by atoms with Crippen LogP contribution in [0.25, 0.3) is 11.4 Å². The number of hydrogen-bond acceptors (Lipinski definition) is 5. The molecule has 6 heteroatoms. The van der Waals surface area contributed by atoms with Gasteiger partial charge in [-0.3, -0.25) is 4.98 Å². The van der Waals surface area contributed by atoms with E-state index >= 15 is 0 Å². The third-order valence-corrected chi connectivity index (χ3v) is 4.17. The third-order valence-electron chi connectivity index (χ3n) is 4.17.